The van der Waals surface area contributed by atoms with E-state index in [-0.39, 0.29) is 11.7 Å². The van der Waals surface area contributed by atoms with Crippen molar-refractivity contribution in [3.05, 3.63) is 0 Å². The summed E-state index contributed by atoms with van der Waals surface area (Å²) in [5, 5.41) is 0. The van der Waals surface area contributed by atoms with Gasteiger partial charge in [0.05, 0.1) is 11.7 Å². The Morgan fingerprint density at radius 3 is 2.29 bits per heavy atom. The molecule has 0 N–H and O–H groups in total. The number of ether oxygens (including phenoxy) is 2. The molecule has 0 amide bonds. The predicted molar refractivity (Wildman–Crippen MR) is 83.9 cm³/mol. The third-order valence-electron chi connectivity index (χ3n) is 7.93. The van der Waals surface area contributed by atoms with Gasteiger partial charge in [0.25, 0.3) is 0 Å². The molecule has 1 aliphatic heterocycles. The van der Waals surface area contributed by atoms with Gasteiger partial charge in [-0.05, 0) is 74.5 Å². The summed E-state index contributed by atoms with van der Waals surface area (Å²) in [6, 6.07) is 0. The zero-order valence-electron chi connectivity index (χ0n) is 14.9. The zero-order valence-corrected chi connectivity index (χ0v) is 14.9. The maximum atomic E-state index is 6.52. The first-order valence-electron chi connectivity index (χ1n) is 8.82. The van der Waals surface area contributed by atoms with Gasteiger partial charge < -0.3 is 9.47 Å². The molecule has 2 bridgehead atoms. The molecular formula is C19H32O2. The molecule has 4 rings (SSSR count). The van der Waals surface area contributed by atoms with Crippen molar-refractivity contribution in [3.63, 3.8) is 0 Å². The van der Waals surface area contributed by atoms with Crippen LogP contribution in [0.15, 0.2) is 0 Å². The lowest BCUT2D eigenvalue weighted by Gasteiger charge is -2.61. The SMILES string of the molecule is CC1(C)O[C@H]2[C@@H]3C(C)(C)[C@H]4CC[C@@]3(C4)C(C)(C)C[C@@]2(C)O1. The molecule has 5 atom stereocenters. The van der Waals surface area contributed by atoms with Crippen molar-refractivity contribution in [3.8, 4) is 0 Å². The minimum Gasteiger partial charge on any atom is -0.344 e. The van der Waals surface area contributed by atoms with E-state index in [4.69, 9.17) is 9.47 Å². The second kappa shape index (κ2) is 3.53. The van der Waals surface area contributed by atoms with Crippen molar-refractivity contribution < 1.29 is 9.47 Å². The lowest BCUT2D eigenvalue weighted by atomic mass is 9.45. The second-order valence-electron chi connectivity index (χ2n) is 10.3. The number of hydrogen-bond acceptors (Lipinski definition) is 2. The van der Waals surface area contributed by atoms with Crippen molar-refractivity contribution in [2.45, 2.75) is 91.6 Å². The van der Waals surface area contributed by atoms with Crippen LogP contribution in [0.1, 0.15) is 74.1 Å². The Balaban J connectivity index is 1.87. The van der Waals surface area contributed by atoms with Crippen molar-refractivity contribution in [1.82, 2.24) is 0 Å². The molecule has 2 nitrogen and oxygen atoms in total. The molecule has 2 heteroatoms. The maximum Gasteiger partial charge on any atom is 0.164 e. The van der Waals surface area contributed by atoms with Crippen molar-refractivity contribution >= 4 is 0 Å². The Morgan fingerprint density at radius 1 is 0.952 bits per heavy atom. The van der Waals surface area contributed by atoms with Gasteiger partial charge in [-0.15, -0.1) is 0 Å². The molecule has 4 aliphatic rings. The van der Waals surface area contributed by atoms with Gasteiger partial charge in [0.15, 0.2) is 5.79 Å². The fourth-order valence-electron chi connectivity index (χ4n) is 7.36. The summed E-state index contributed by atoms with van der Waals surface area (Å²) in [6.45, 7) is 16.5. The van der Waals surface area contributed by atoms with Crippen molar-refractivity contribution in [2.24, 2.45) is 28.1 Å². The molecule has 120 valence electrons. The summed E-state index contributed by atoms with van der Waals surface area (Å²) in [7, 11) is 0. The normalized spacial score (nSPS) is 55.3. The molecule has 3 aliphatic carbocycles. The van der Waals surface area contributed by atoms with E-state index in [0.29, 0.717) is 22.2 Å². The quantitative estimate of drug-likeness (QED) is 0.640. The van der Waals surface area contributed by atoms with Gasteiger partial charge in [0.1, 0.15) is 0 Å². The van der Waals surface area contributed by atoms with Crippen LogP contribution in [-0.4, -0.2) is 17.5 Å². The first-order chi connectivity index (χ1) is 9.44. The topological polar surface area (TPSA) is 18.5 Å². The first kappa shape index (κ1) is 14.5. The van der Waals surface area contributed by atoms with Crippen LogP contribution in [0.5, 0.6) is 0 Å². The van der Waals surface area contributed by atoms with E-state index < -0.39 is 5.79 Å². The maximum absolute atomic E-state index is 6.52. The molecule has 0 aromatic carbocycles. The van der Waals surface area contributed by atoms with Gasteiger partial charge in [0.2, 0.25) is 0 Å². The predicted octanol–water partition coefficient (Wildman–Crippen LogP) is 4.77. The molecule has 1 heterocycles. The molecule has 21 heavy (non-hydrogen) atoms. The van der Waals surface area contributed by atoms with E-state index in [2.05, 4.69) is 48.5 Å². The van der Waals surface area contributed by atoms with E-state index in [0.717, 1.165) is 12.3 Å². The summed E-state index contributed by atoms with van der Waals surface area (Å²) >= 11 is 0. The largest absolute Gasteiger partial charge is 0.344 e. The highest BCUT2D eigenvalue weighted by Crippen LogP contribution is 2.78. The second-order valence-corrected chi connectivity index (χ2v) is 10.3. The van der Waals surface area contributed by atoms with E-state index in [9.17, 15) is 0 Å². The summed E-state index contributed by atoms with van der Waals surface area (Å²) in [5.41, 5.74) is 1.07. The monoisotopic (exact) mass is 292 g/mol. The fourth-order valence-corrected chi connectivity index (χ4v) is 7.36. The Kier molecular flexibility index (Phi) is 2.44. The molecule has 1 saturated heterocycles. The van der Waals surface area contributed by atoms with Crippen LogP contribution in [0.25, 0.3) is 0 Å². The lowest BCUT2D eigenvalue weighted by Crippen LogP contribution is -2.62. The zero-order chi connectivity index (χ0) is 15.5. The molecule has 3 saturated carbocycles. The molecule has 0 unspecified atom stereocenters. The standard InChI is InChI=1S/C19H32O2/c1-15(2)11-18(7)14(20-17(5,6)21-18)13-16(3,4)12-8-9-19(13,15)10-12/h12-14H,8-11H2,1-7H3/t12-,13+,14-,18+,19-/m0/s1. The number of fused-ring (bicyclic) bond motifs is 3. The van der Waals surface area contributed by atoms with Gasteiger partial charge >= 0.3 is 0 Å². The number of hydrogen-bond donors (Lipinski definition) is 0. The van der Waals surface area contributed by atoms with Crippen LogP contribution >= 0.6 is 0 Å². The lowest BCUT2D eigenvalue weighted by molar-refractivity contribution is -0.176. The van der Waals surface area contributed by atoms with Crippen LogP contribution in [0.2, 0.25) is 0 Å². The molecular weight excluding hydrogens is 260 g/mol. The summed E-state index contributed by atoms with van der Waals surface area (Å²) in [5.74, 6) is 1.08. The first-order valence-corrected chi connectivity index (χ1v) is 8.82. The third kappa shape index (κ3) is 1.52. The number of rotatable bonds is 0. The minimum atomic E-state index is -0.432. The average molecular weight is 292 g/mol. The fraction of sp³-hybridized carbons (Fsp3) is 1.00. The van der Waals surface area contributed by atoms with Crippen LogP contribution < -0.4 is 0 Å². The highest BCUT2D eigenvalue weighted by molar-refractivity contribution is 5.23. The molecule has 1 spiro atoms. The summed E-state index contributed by atoms with van der Waals surface area (Å²) < 4.78 is 13.0. The molecule has 0 radical (unpaired) electrons. The third-order valence-corrected chi connectivity index (χ3v) is 7.93. The van der Waals surface area contributed by atoms with Gasteiger partial charge in [0, 0.05) is 0 Å². The Bertz CT molecular complexity index is 492. The highest BCUT2D eigenvalue weighted by atomic mass is 16.8. The van der Waals surface area contributed by atoms with Crippen LogP contribution in [0.4, 0.5) is 0 Å². The molecule has 0 aromatic rings. The van der Waals surface area contributed by atoms with Crippen LogP contribution in [0.3, 0.4) is 0 Å². The minimum absolute atomic E-state index is 0.120. The smallest absolute Gasteiger partial charge is 0.164 e. The van der Waals surface area contributed by atoms with Gasteiger partial charge in [-0.2, -0.15) is 0 Å². The van der Waals surface area contributed by atoms with Gasteiger partial charge in [-0.25, -0.2) is 0 Å². The van der Waals surface area contributed by atoms with Crippen LogP contribution in [-0.2, 0) is 9.47 Å². The van der Waals surface area contributed by atoms with E-state index in [1.165, 1.54) is 19.3 Å². The summed E-state index contributed by atoms with van der Waals surface area (Å²) in [4.78, 5) is 0. The Labute approximate surface area is 130 Å². The molecule has 0 aromatic heterocycles. The Morgan fingerprint density at radius 2 is 1.62 bits per heavy atom. The van der Waals surface area contributed by atoms with Gasteiger partial charge in [-0.1, -0.05) is 27.7 Å². The van der Waals surface area contributed by atoms with E-state index in [1.54, 1.807) is 0 Å². The van der Waals surface area contributed by atoms with E-state index >= 15 is 0 Å². The van der Waals surface area contributed by atoms with Crippen molar-refractivity contribution in [2.75, 3.05) is 0 Å². The van der Waals surface area contributed by atoms with Gasteiger partial charge in [-0.3, -0.25) is 0 Å². The van der Waals surface area contributed by atoms with E-state index in [1.807, 2.05) is 0 Å². The average Bonchev–Trinajstić information content (AvgIpc) is 2.84. The highest BCUT2D eigenvalue weighted by Gasteiger charge is 2.75. The van der Waals surface area contributed by atoms with Crippen LogP contribution in [0, 0.1) is 28.1 Å². The van der Waals surface area contributed by atoms with Crippen molar-refractivity contribution in [1.29, 1.82) is 0 Å². The Hall–Kier alpha value is -0.0800. The molecule has 4 fully saturated rings. The summed E-state index contributed by atoms with van der Waals surface area (Å²) in [6.07, 6.45) is 5.62.